The Balaban J connectivity index is 2.34. The SMILES string of the molecule is Cc1cnc(N)nc1Sc1ccccc1Br. The van der Waals surface area contributed by atoms with Crippen LogP contribution in [0.15, 0.2) is 44.9 Å². The molecule has 0 amide bonds. The lowest BCUT2D eigenvalue weighted by atomic mass is 10.4. The van der Waals surface area contributed by atoms with Gasteiger partial charge >= 0.3 is 0 Å². The summed E-state index contributed by atoms with van der Waals surface area (Å²) in [6.45, 7) is 1.97. The lowest BCUT2D eigenvalue weighted by Gasteiger charge is -2.06. The summed E-state index contributed by atoms with van der Waals surface area (Å²) in [6, 6.07) is 8.01. The normalized spacial score (nSPS) is 10.4. The number of halogens is 1. The van der Waals surface area contributed by atoms with Crippen molar-refractivity contribution in [1.82, 2.24) is 9.97 Å². The largest absolute Gasteiger partial charge is 0.368 e. The van der Waals surface area contributed by atoms with Crippen LogP contribution in [0.4, 0.5) is 5.95 Å². The molecule has 1 heterocycles. The minimum atomic E-state index is 0.306. The maximum atomic E-state index is 5.57. The van der Waals surface area contributed by atoms with Gasteiger partial charge in [-0.1, -0.05) is 23.9 Å². The van der Waals surface area contributed by atoms with Crippen molar-refractivity contribution in [1.29, 1.82) is 0 Å². The molecule has 0 unspecified atom stereocenters. The Morgan fingerprint density at radius 1 is 1.31 bits per heavy atom. The third kappa shape index (κ3) is 2.54. The Bertz CT molecular complexity index is 516. The number of nitrogen functional groups attached to an aromatic ring is 1. The molecule has 3 nitrogen and oxygen atoms in total. The average Bonchev–Trinajstić information content (AvgIpc) is 2.27. The summed E-state index contributed by atoms with van der Waals surface area (Å²) in [6.07, 6.45) is 1.74. The summed E-state index contributed by atoms with van der Waals surface area (Å²) in [5.41, 5.74) is 6.60. The summed E-state index contributed by atoms with van der Waals surface area (Å²) < 4.78 is 1.05. The summed E-state index contributed by atoms with van der Waals surface area (Å²) >= 11 is 5.08. The Kier molecular flexibility index (Phi) is 3.46. The number of aromatic nitrogens is 2. The van der Waals surface area contributed by atoms with E-state index in [1.807, 2.05) is 31.2 Å². The van der Waals surface area contributed by atoms with Crippen LogP contribution in [0.5, 0.6) is 0 Å². The summed E-state index contributed by atoms with van der Waals surface area (Å²) in [7, 11) is 0. The molecule has 1 aromatic heterocycles. The maximum Gasteiger partial charge on any atom is 0.221 e. The third-order valence-corrected chi connectivity index (χ3v) is 4.12. The Hall–Kier alpha value is -1.07. The highest BCUT2D eigenvalue weighted by atomic mass is 79.9. The van der Waals surface area contributed by atoms with Crippen LogP contribution in [0.3, 0.4) is 0 Å². The number of nitrogens with two attached hydrogens (primary N) is 1. The van der Waals surface area contributed by atoms with Gasteiger partial charge in [-0.05, 0) is 35.0 Å². The van der Waals surface area contributed by atoms with Crippen LogP contribution in [0.25, 0.3) is 0 Å². The highest BCUT2D eigenvalue weighted by molar-refractivity contribution is 9.10. The van der Waals surface area contributed by atoms with Crippen molar-refractivity contribution in [2.75, 3.05) is 5.73 Å². The molecular formula is C11H10BrN3S. The standard InChI is InChI=1S/C11H10BrN3S/c1-7-6-14-11(13)15-10(7)16-9-5-3-2-4-8(9)12/h2-6H,1H3,(H2,13,14,15). The number of aryl methyl sites for hydroxylation is 1. The van der Waals surface area contributed by atoms with E-state index in [9.17, 15) is 0 Å². The lowest BCUT2D eigenvalue weighted by Crippen LogP contribution is -1.97. The maximum absolute atomic E-state index is 5.57. The van der Waals surface area contributed by atoms with Gasteiger partial charge in [0.15, 0.2) is 0 Å². The van der Waals surface area contributed by atoms with E-state index in [0.717, 1.165) is 20.0 Å². The molecule has 0 spiro atoms. The predicted molar refractivity (Wildman–Crippen MR) is 69.4 cm³/mol. The molecule has 1 aromatic carbocycles. The smallest absolute Gasteiger partial charge is 0.221 e. The van der Waals surface area contributed by atoms with Gasteiger partial charge in [-0.3, -0.25) is 0 Å². The monoisotopic (exact) mass is 295 g/mol. The van der Waals surface area contributed by atoms with Crippen molar-refractivity contribution in [3.63, 3.8) is 0 Å². The lowest BCUT2D eigenvalue weighted by molar-refractivity contribution is 1.02. The van der Waals surface area contributed by atoms with Crippen molar-refractivity contribution < 1.29 is 0 Å². The second-order valence-corrected chi connectivity index (χ2v) is 5.13. The van der Waals surface area contributed by atoms with Gasteiger partial charge in [0.1, 0.15) is 5.03 Å². The van der Waals surface area contributed by atoms with E-state index < -0.39 is 0 Å². The molecule has 82 valence electrons. The number of rotatable bonds is 2. The van der Waals surface area contributed by atoms with Crippen LogP contribution in [0, 0.1) is 6.92 Å². The zero-order valence-electron chi connectivity index (χ0n) is 8.64. The van der Waals surface area contributed by atoms with E-state index in [4.69, 9.17) is 5.73 Å². The molecule has 0 saturated carbocycles. The fraction of sp³-hybridized carbons (Fsp3) is 0.0909. The number of hydrogen-bond acceptors (Lipinski definition) is 4. The van der Waals surface area contributed by atoms with E-state index in [-0.39, 0.29) is 0 Å². The van der Waals surface area contributed by atoms with Gasteiger partial charge in [0, 0.05) is 21.1 Å². The van der Waals surface area contributed by atoms with E-state index >= 15 is 0 Å². The second kappa shape index (κ2) is 4.84. The van der Waals surface area contributed by atoms with Crippen molar-refractivity contribution in [2.45, 2.75) is 16.8 Å². The van der Waals surface area contributed by atoms with Gasteiger partial charge in [-0.2, -0.15) is 0 Å². The fourth-order valence-corrected chi connectivity index (χ4v) is 2.58. The first-order valence-electron chi connectivity index (χ1n) is 4.68. The quantitative estimate of drug-likeness (QED) is 0.864. The zero-order chi connectivity index (χ0) is 11.5. The summed E-state index contributed by atoms with van der Waals surface area (Å²) in [5, 5.41) is 0.888. The third-order valence-electron chi connectivity index (χ3n) is 1.99. The van der Waals surface area contributed by atoms with Gasteiger partial charge in [0.05, 0.1) is 0 Å². The number of nitrogens with zero attached hydrogens (tertiary/aromatic N) is 2. The first kappa shape index (κ1) is 11.4. The minimum Gasteiger partial charge on any atom is -0.368 e. The summed E-state index contributed by atoms with van der Waals surface area (Å²) in [4.78, 5) is 9.28. The van der Waals surface area contributed by atoms with E-state index in [0.29, 0.717) is 5.95 Å². The molecule has 2 N–H and O–H groups in total. The molecule has 2 rings (SSSR count). The van der Waals surface area contributed by atoms with Crippen molar-refractivity contribution in [3.05, 3.63) is 40.5 Å². The number of hydrogen-bond donors (Lipinski definition) is 1. The molecular weight excluding hydrogens is 286 g/mol. The van der Waals surface area contributed by atoms with Crippen molar-refractivity contribution in [2.24, 2.45) is 0 Å². The van der Waals surface area contributed by atoms with Crippen LogP contribution >= 0.6 is 27.7 Å². The topological polar surface area (TPSA) is 51.8 Å². The highest BCUT2D eigenvalue weighted by Gasteiger charge is 2.06. The van der Waals surface area contributed by atoms with Crippen LogP contribution < -0.4 is 5.73 Å². The molecule has 5 heteroatoms. The van der Waals surface area contributed by atoms with Crippen LogP contribution in [-0.2, 0) is 0 Å². The van der Waals surface area contributed by atoms with Crippen LogP contribution in [-0.4, -0.2) is 9.97 Å². The molecule has 0 aliphatic rings. The number of anilines is 1. The highest BCUT2D eigenvalue weighted by Crippen LogP contribution is 2.33. The molecule has 0 saturated heterocycles. The van der Waals surface area contributed by atoms with E-state index in [1.54, 1.807) is 18.0 Å². The minimum absolute atomic E-state index is 0.306. The van der Waals surface area contributed by atoms with Crippen LogP contribution in [0.1, 0.15) is 5.56 Å². The summed E-state index contributed by atoms with van der Waals surface area (Å²) in [5.74, 6) is 0.306. The molecule has 16 heavy (non-hydrogen) atoms. The molecule has 0 fully saturated rings. The molecule has 0 aliphatic heterocycles. The van der Waals surface area contributed by atoms with Gasteiger partial charge in [-0.25, -0.2) is 9.97 Å². The van der Waals surface area contributed by atoms with Crippen LogP contribution in [0.2, 0.25) is 0 Å². The fourth-order valence-electron chi connectivity index (χ4n) is 1.17. The van der Waals surface area contributed by atoms with Gasteiger partial charge < -0.3 is 5.73 Å². The molecule has 2 aromatic rings. The number of benzene rings is 1. The zero-order valence-corrected chi connectivity index (χ0v) is 11.0. The first-order valence-corrected chi connectivity index (χ1v) is 6.29. The Morgan fingerprint density at radius 2 is 2.06 bits per heavy atom. The van der Waals surface area contributed by atoms with Gasteiger partial charge in [0.2, 0.25) is 5.95 Å². The van der Waals surface area contributed by atoms with E-state index in [2.05, 4.69) is 25.9 Å². The average molecular weight is 296 g/mol. The molecule has 0 aliphatic carbocycles. The van der Waals surface area contributed by atoms with Gasteiger partial charge in [-0.15, -0.1) is 0 Å². The molecule has 0 bridgehead atoms. The van der Waals surface area contributed by atoms with Crippen molar-refractivity contribution >= 4 is 33.6 Å². The first-order chi connectivity index (χ1) is 7.66. The Labute approximate surface area is 107 Å². The van der Waals surface area contributed by atoms with Gasteiger partial charge in [0.25, 0.3) is 0 Å². The predicted octanol–water partition coefficient (Wildman–Crippen LogP) is 3.28. The second-order valence-electron chi connectivity index (χ2n) is 3.25. The Morgan fingerprint density at radius 3 is 2.81 bits per heavy atom. The molecule has 0 radical (unpaired) electrons. The van der Waals surface area contributed by atoms with Crippen molar-refractivity contribution in [3.8, 4) is 0 Å². The van der Waals surface area contributed by atoms with E-state index in [1.165, 1.54) is 0 Å². The molecule has 0 atom stereocenters.